The maximum Gasteiger partial charge on any atom is 0.257 e. The fraction of sp³-hybridized carbons (Fsp3) is 0.800. The van der Waals surface area contributed by atoms with E-state index in [0.29, 0.717) is 11.9 Å². The molecule has 0 saturated heterocycles. The zero-order valence-corrected chi connectivity index (χ0v) is 19.3. The number of nitrogens with two attached hydrogens (primary N) is 1. The topological polar surface area (TPSA) is 87.4 Å². The molecule has 2 fully saturated rings. The number of nitrogens with one attached hydrogen (secondary N) is 1. The van der Waals surface area contributed by atoms with E-state index in [4.69, 9.17) is 10.7 Å². The summed E-state index contributed by atoms with van der Waals surface area (Å²) in [4.78, 5) is 27.1. The third-order valence-electron chi connectivity index (χ3n) is 8.20. The number of hydrogen-bond acceptors (Lipinski definition) is 4. The standard InChI is InChI=1S/C25H41N5O/c1-30-23(31)25(29-24(30)26,14-13-19-7-3-2-4-8-19)16-21-11-5-9-20(15-21)10-6-12-22-17-27-18-28-22/h17-21H,2-16H2,1H3,(H2,26,29)(H,27,28)/t20-,21-,25+/m0/s1. The number of aromatic amines is 1. The first-order valence-corrected chi connectivity index (χ1v) is 12.7. The lowest BCUT2D eigenvalue weighted by Crippen LogP contribution is -2.44. The van der Waals surface area contributed by atoms with Gasteiger partial charge in [-0.1, -0.05) is 57.8 Å². The van der Waals surface area contributed by atoms with Gasteiger partial charge in [-0.05, 0) is 56.3 Å². The first-order chi connectivity index (χ1) is 15.1. The van der Waals surface area contributed by atoms with E-state index in [9.17, 15) is 4.79 Å². The van der Waals surface area contributed by atoms with Crippen LogP contribution < -0.4 is 5.73 Å². The number of hydrogen-bond donors (Lipinski definition) is 2. The van der Waals surface area contributed by atoms with Crippen molar-refractivity contribution in [1.29, 1.82) is 0 Å². The second kappa shape index (κ2) is 10.2. The molecule has 31 heavy (non-hydrogen) atoms. The SMILES string of the molecule is CN1C(=O)[C@@](CCC2CCCCC2)(C[C@H]2CCC[C@@H](CCCc3cnc[nH]3)C2)N=C1N. The van der Waals surface area contributed by atoms with Crippen molar-refractivity contribution in [3.05, 3.63) is 18.2 Å². The van der Waals surface area contributed by atoms with Crippen LogP contribution in [0.3, 0.4) is 0 Å². The second-order valence-electron chi connectivity index (χ2n) is 10.5. The summed E-state index contributed by atoms with van der Waals surface area (Å²) in [7, 11) is 1.79. The highest BCUT2D eigenvalue weighted by atomic mass is 16.2. The van der Waals surface area contributed by atoms with Crippen LogP contribution in [0, 0.1) is 17.8 Å². The summed E-state index contributed by atoms with van der Waals surface area (Å²) in [6.45, 7) is 0. The maximum absolute atomic E-state index is 13.3. The van der Waals surface area contributed by atoms with E-state index in [1.165, 1.54) is 76.3 Å². The van der Waals surface area contributed by atoms with E-state index in [1.807, 2.05) is 6.20 Å². The van der Waals surface area contributed by atoms with E-state index < -0.39 is 5.54 Å². The van der Waals surface area contributed by atoms with Crippen molar-refractivity contribution in [2.24, 2.45) is 28.5 Å². The molecule has 2 saturated carbocycles. The molecule has 3 atom stereocenters. The molecule has 1 amide bonds. The van der Waals surface area contributed by atoms with Crippen LogP contribution in [0.5, 0.6) is 0 Å². The van der Waals surface area contributed by atoms with Crippen LogP contribution in [0.2, 0.25) is 0 Å². The molecule has 0 bridgehead atoms. The number of carbonyl (C=O) groups is 1. The van der Waals surface area contributed by atoms with Crippen LogP contribution >= 0.6 is 0 Å². The second-order valence-corrected chi connectivity index (χ2v) is 10.5. The van der Waals surface area contributed by atoms with Crippen LogP contribution in [-0.4, -0.2) is 39.3 Å². The normalized spacial score (nSPS) is 30.0. The summed E-state index contributed by atoms with van der Waals surface area (Å²) in [5, 5.41) is 0. The van der Waals surface area contributed by atoms with Gasteiger partial charge in [0.15, 0.2) is 5.96 Å². The van der Waals surface area contributed by atoms with E-state index in [0.717, 1.165) is 37.5 Å². The number of carbonyl (C=O) groups excluding carboxylic acids is 1. The zero-order valence-electron chi connectivity index (χ0n) is 19.3. The molecule has 0 spiro atoms. The summed E-state index contributed by atoms with van der Waals surface area (Å²) < 4.78 is 0. The molecule has 3 N–H and O–H groups in total. The van der Waals surface area contributed by atoms with Crippen LogP contribution in [0.4, 0.5) is 0 Å². The van der Waals surface area contributed by atoms with E-state index in [-0.39, 0.29) is 5.91 Å². The van der Waals surface area contributed by atoms with Crippen molar-refractivity contribution in [3.63, 3.8) is 0 Å². The lowest BCUT2D eigenvalue weighted by molar-refractivity contribution is -0.131. The minimum absolute atomic E-state index is 0.141. The van der Waals surface area contributed by atoms with Gasteiger partial charge >= 0.3 is 0 Å². The van der Waals surface area contributed by atoms with Crippen molar-refractivity contribution < 1.29 is 4.79 Å². The van der Waals surface area contributed by atoms with Gasteiger partial charge in [0.25, 0.3) is 5.91 Å². The van der Waals surface area contributed by atoms with Crippen molar-refractivity contribution in [3.8, 4) is 0 Å². The van der Waals surface area contributed by atoms with Gasteiger partial charge in [0.05, 0.1) is 6.33 Å². The maximum atomic E-state index is 13.3. The molecule has 6 heteroatoms. The van der Waals surface area contributed by atoms with Crippen LogP contribution in [0.25, 0.3) is 0 Å². The lowest BCUT2D eigenvalue weighted by Gasteiger charge is -2.35. The molecular weight excluding hydrogens is 386 g/mol. The van der Waals surface area contributed by atoms with Gasteiger partial charge in [0.1, 0.15) is 5.54 Å². The van der Waals surface area contributed by atoms with Gasteiger partial charge in [-0.25, -0.2) is 9.98 Å². The molecule has 6 nitrogen and oxygen atoms in total. The smallest absolute Gasteiger partial charge is 0.257 e. The number of aromatic nitrogens is 2. The first-order valence-electron chi connectivity index (χ1n) is 12.7. The molecule has 0 radical (unpaired) electrons. The largest absolute Gasteiger partial charge is 0.369 e. The number of imidazole rings is 1. The van der Waals surface area contributed by atoms with Gasteiger partial charge < -0.3 is 10.7 Å². The van der Waals surface area contributed by atoms with Gasteiger partial charge in [-0.2, -0.15) is 0 Å². The fourth-order valence-electron chi connectivity index (χ4n) is 6.40. The number of amides is 1. The fourth-order valence-corrected chi connectivity index (χ4v) is 6.40. The molecule has 1 aromatic heterocycles. The van der Waals surface area contributed by atoms with Gasteiger partial charge in [0, 0.05) is 18.9 Å². The molecule has 1 aromatic rings. The van der Waals surface area contributed by atoms with Crippen LogP contribution in [0.15, 0.2) is 17.5 Å². The van der Waals surface area contributed by atoms with Gasteiger partial charge in [-0.15, -0.1) is 0 Å². The number of aliphatic imine (C=N–C) groups is 1. The minimum Gasteiger partial charge on any atom is -0.369 e. The average molecular weight is 428 g/mol. The summed E-state index contributed by atoms with van der Waals surface area (Å²) in [6, 6.07) is 0. The Morgan fingerprint density at radius 3 is 2.58 bits per heavy atom. The van der Waals surface area contributed by atoms with E-state index >= 15 is 0 Å². The molecule has 172 valence electrons. The Morgan fingerprint density at radius 1 is 1.10 bits per heavy atom. The molecule has 1 aliphatic heterocycles. The minimum atomic E-state index is -0.598. The molecular formula is C25H41N5O. The van der Waals surface area contributed by atoms with Crippen molar-refractivity contribution in [2.45, 2.75) is 102 Å². The lowest BCUT2D eigenvalue weighted by atomic mass is 9.72. The van der Waals surface area contributed by atoms with Crippen molar-refractivity contribution >= 4 is 11.9 Å². The first kappa shape index (κ1) is 22.3. The highest BCUT2D eigenvalue weighted by Gasteiger charge is 2.47. The Hall–Kier alpha value is -1.85. The quantitative estimate of drug-likeness (QED) is 0.592. The van der Waals surface area contributed by atoms with E-state index in [1.54, 1.807) is 18.3 Å². The third-order valence-corrected chi connectivity index (χ3v) is 8.20. The van der Waals surface area contributed by atoms with Gasteiger partial charge in [-0.3, -0.25) is 9.69 Å². The average Bonchev–Trinajstić information content (AvgIpc) is 3.37. The Kier molecular flexibility index (Phi) is 7.34. The highest BCUT2D eigenvalue weighted by Crippen LogP contribution is 2.42. The number of likely N-dealkylation sites (N-methyl/N-ethyl adjacent to an activating group) is 1. The Bertz CT molecular complexity index is 739. The third kappa shape index (κ3) is 5.50. The zero-order chi connectivity index (χ0) is 21.7. The number of nitrogens with zero attached hydrogens (tertiary/aromatic N) is 3. The predicted octanol–water partition coefficient (Wildman–Crippen LogP) is 4.81. The molecule has 0 aromatic carbocycles. The summed E-state index contributed by atoms with van der Waals surface area (Å²) in [5.74, 6) is 2.68. The van der Waals surface area contributed by atoms with Crippen molar-refractivity contribution in [1.82, 2.24) is 14.9 Å². The molecule has 4 rings (SSSR count). The monoisotopic (exact) mass is 427 g/mol. The Balaban J connectivity index is 1.35. The Morgan fingerprint density at radius 2 is 1.87 bits per heavy atom. The van der Waals surface area contributed by atoms with E-state index in [2.05, 4.69) is 9.97 Å². The molecule has 3 aliphatic rings. The molecule has 2 aliphatic carbocycles. The number of guanidine groups is 1. The van der Waals surface area contributed by atoms with Crippen LogP contribution in [-0.2, 0) is 11.2 Å². The number of rotatable bonds is 9. The number of H-pyrrole nitrogens is 1. The summed E-state index contributed by atoms with van der Waals surface area (Å²) >= 11 is 0. The highest BCUT2D eigenvalue weighted by molar-refractivity contribution is 6.06. The predicted molar refractivity (Wildman–Crippen MR) is 125 cm³/mol. The van der Waals surface area contributed by atoms with Gasteiger partial charge in [0.2, 0.25) is 0 Å². The molecule has 2 heterocycles. The Labute approximate surface area is 187 Å². The van der Waals surface area contributed by atoms with Crippen molar-refractivity contribution in [2.75, 3.05) is 7.05 Å². The molecule has 0 unspecified atom stereocenters. The summed E-state index contributed by atoms with van der Waals surface area (Å²) in [5.41, 5.74) is 6.78. The number of aryl methyl sites for hydroxylation is 1. The summed E-state index contributed by atoms with van der Waals surface area (Å²) in [6.07, 6.45) is 21.9. The van der Waals surface area contributed by atoms with Crippen LogP contribution in [0.1, 0.15) is 95.6 Å².